The molecule has 84 valence electrons. The van der Waals surface area contributed by atoms with Crippen LogP contribution in [0.3, 0.4) is 0 Å². The third kappa shape index (κ3) is 2.49. The number of rotatable bonds is 4. The normalized spacial score (nSPS) is 15.1. The minimum Gasteiger partial charge on any atom is -0.399 e. The Morgan fingerprint density at radius 3 is 2.47 bits per heavy atom. The van der Waals surface area contributed by atoms with Gasteiger partial charge >= 0.3 is 0 Å². The van der Waals surface area contributed by atoms with Gasteiger partial charge in [0.05, 0.1) is 4.90 Å². The van der Waals surface area contributed by atoms with Crippen molar-refractivity contribution in [3.63, 3.8) is 0 Å². The zero-order valence-electron chi connectivity index (χ0n) is 9.06. The molecule has 4 nitrogen and oxygen atoms in total. The number of nitrogens with one attached hydrogen (secondary N) is 1. The topological polar surface area (TPSA) is 70.2 Å². The highest BCUT2D eigenvalue weighted by Gasteiger charge is 2.17. The predicted octanol–water partition coefficient (Wildman–Crippen LogP) is 1.93. The number of hydrogen-bond acceptors (Lipinski definition) is 3. The van der Waals surface area contributed by atoms with E-state index < -0.39 is 9.92 Å². The molecule has 3 N–H and O–H groups in total. The van der Waals surface area contributed by atoms with Crippen LogP contribution < -0.4 is 5.73 Å². The fourth-order valence-electron chi connectivity index (χ4n) is 1.42. The van der Waals surface area contributed by atoms with Crippen LogP contribution in [0.5, 0.6) is 0 Å². The molecule has 0 amide bonds. The molecule has 0 aliphatic rings. The van der Waals surface area contributed by atoms with Crippen LogP contribution in [0.25, 0.3) is 0 Å². The van der Waals surface area contributed by atoms with E-state index in [1.54, 1.807) is 28.6 Å². The van der Waals surface area contributed by atoms with Crippen molar-refractivity contribution in [2.45, 2.75) is 18.7 Å². The van der Waals surface area contributed by atoms with Gasteiger partial charge in [0.15, 0.2) is 0 Å². The van der Waals surface area contributed by atoms with Gasteiger partial charge in [-0.25, -0.2) is 13.3 Å². The minimum absolute atomic E-state index is 0.478. The standard InChI is InChI=1S/C10H17N3OS/c1-3-13(4-2)15(12,14)10-7-5-6-9(11)8-10/h5-8,12H,3-4,11H2,1-2H3. The van der Waals surface area contributed by atoms with Crippen molar-refractivity contribution < 1.29 is 4.21 Å². The van der Waals surface area contributed by atoms with Crippen LogP contribution >= 0.6 is 0 Å². The van der Waals surface area contributed by atoms with Crippen LogP contribution in [-0.4, -0.2) is 21.6 Å². The van der Waals surface area contributed by atoms with E-state index in [0.29, 0.717) is 23.7 Å². The van der Waals surface area contributed by atoms with Gasteiger partial charge in [-0.1, -0.05) is 19.9 Å². The summed E-state index contributed by atoms with van der Waals surface area (Å²) >= 11 is 0. The Bertz CT molecular complexity index is 424. The van der Waals surface area contributed by atoms with E-state index in [0.717, 1.165) is 0 Å². The summed E-state index contributed by atoms with van der Waals surface area (Å²) in [5.74, 6) is 0. The highest BCUT2D eigenvalue weighted by atomic mass is 32.2. The number of nitrogens with zero attached hydrogens (tertiary/aromatic N) is 1. The summed E-state index contributed by atoms with van der Waals surface area (Å²) < 4.78 is 21.8. The number of nitrogens with two attached hydrogens (primary N) is 1. The highest BCUT2D eigenvalue weighted by Crippen LogP contribution is 2.18. The van der Waals surface area contributed by atoms with E-state index in [1.165, 1.54) is 0 Å². The van der Waals surface area contributed by atoms with Gasteiger partial charge in [-0.15, -0.1) is 0 Å². The number of benzene rings is 1. The minimum atomic E-state index is -2.87. The largest absolute Gasteiger partial charge is 0.399 e. The van der Waals surface area contributed by atoms with Gasteiger partial charge in [0.25, 0.3) is 0 Å². The first-order valence-electron chi connectivity index (χ1n) is 4.91. The fourth-order valence-corrected chi connectivity index (χ4v) is 3.01. The summed E-state index contributed by atoms with van der Waals surface area (Å²) in [5, 5.41) is 0. The lowest BCUT2D eigenvalue weighted by Gasteiger charge is -2.21. The summed E-state index contributed by atoms with van der Waals surface area (Å²) in [6.07, 6.45) is 0. The summed E-state index contributed by atoms with van der Waals surface area (Å²) in [5.41, 5.74) is 6.15. The van der Waals surface area contributed by atoms with Gasteiger partial charge in [0.2, 0.25) is 0 Å². The number of hydrogen-bond donors (Lipinski definition) is 2. The van der Waals surface area contributed by atoms with Crippen molar-refractivity contribution in [3.8, 4) is 0 Å². The van der Waals surface area contributed by atoms with E-state index in [-0.39, 0.29) is 0 Å². The molecule has 1 rings (SSSR count). The predicted molar refractivity (Wildman–Crippen MR) is 62.9 cm³/mol. The first-order chi connectivity index (χ1) is 7.02. The molecule has 0 fully saturated rings. The Hall–Kier alpha value is -1.07. The molecule has 0 saturated carbocycles. The quantitative estimate of drug-likeness (QED) is 0.772. The van der Waals surface area contributed by atoms with Gasteiger partial charge in [-0.05, 0) is 18.2 Å². The molecular weight excluding hydrogens is 210 g/mol. The molecule has 0 radical (unpaired) electrons. The Balaban J connectivity index is 3.16. The molecule has 1 atom stereocenters. The molecule has 0 saturated heterocycles. The molecule has 5 heteroatoms. The Labute approximate surface area is 91.2 Å². The third-order valence-corrected chi connectivity index (χ3v) is 4.38. The van der Waals surface area contributed by atoms with Crippen LogP contribution in [0.4, 0.5) is 5.69 Å². The van der Waals surface area contributed by atoms with Crippen LogP contribution in [0, 0.1) is 4.78 Å². The summed E-state index contributed by atoms with van der Waals surface area (Å²) in [6.45, 7) is 4.97. The molecule has 0 heterocycles. The molecule has 0 bridgehead atoms. The molecule has 1 unspecified atom stereocenters. The van der Waals surface area contributed by atoms with Gasteiger partial charge < -0.3 is 5.73 Å². The van der Waals surface area contributed by atoms with Gasteiger partial charge in [0.1, 0.15) is 9.92 Å². The first kappa shape index (κ1) is 12.0. The Kier molecular flexibility index (Phi) is 3.71. The lowest BCUT2D eigenvalue weighted by atomic mass is 10.3. The molecular formula is C10H17N3OS. The van der Waals surface area contributed by atoms with Crippen molar-refractivity contribution in [1.82, 2.24) is 4.31 Å². The zero-order chi connectivity index (χ0) is 11.5. The Morgan fingerprint density at radius 1 is 1.40 bits per heavy atom. The van der Waals surface area contributed by atoms with E-state index in [4.69, 9.17) is 10.5 Å². The van der Waals surface area contributed by atoms with Crippen molar-refractivity contribution in [3.05, 3.63) is 24.3 Å². The molecule has 0 aliphatic carbocycles. The average molecular weight is 227 g/mol. The molecule has 0 spiro atoms. The average Bonchev–Trinajstić information content (AvgIpc) is 2.19. The SMILES string of the molecule is CCN(CC)S(=N)(=O)c1cccc(N)c1. The molecule has 1 aromatic rings. The van der Waals surface area contributed by atoms with Crippen molar-refractivity contribution >= 4 is 15.6 Å². The lowest BCUT2D eigenvalue weighted by molar-refractivity contribution is 0.480. The number of nitrogen functional groups attached to an aromatic ring is 1. The zero-order valence-corrected chi connectivity index (χ0v) is 9.88. The Morgan fingerprint density at radius 2 is 2.00 bits per heavy atom. The van der Waals surface area contributed by atoms with Crippen LogP contribution in [0.15, 0.2) is 29.2 Å². The van der Waals surface area contributed by atoms with E-state index in [9.17, 15) is 4.21 Å². The second kappa shape index (κ2) is 4.63. The molecule has 0 aromatic heterocycles. The maximum Gasteiger partial charge on any atom is 0.137 e. The molecule has 1 aromatic carbocycles. The first-order valence-corrected chi connectivity index (χ1v) is 6.43. The second-order valence-corrected chi connectivity index (χ2v) is 5.25. The lowest BCUT2D eigenvalue weighted by Crippen LogP contribution is -2.29. The third-order valence-electron chi connectivity index (χ3n) is 2.25. The molecule has 15 heavy (non-hydrogen) atoms. The smallest absolute Gasteiger partial charge is 0.137 e. The van der Waals surface area contributed by atoms with Crippen LogP contribution in [0.2, 0.25) is 0 Å². The second-order valence-electron chi connectivity index (χ2n) is 3.21. The van der Waals surface area contributed by atoms with Crippen LogP contribution in [0.1, 0.15) is 13.8 Å². The van der Waals surface area contributed by atoms with E-state index in [1.807, 2.05) is 13.8 Å². The summed E-state index contributed by atoms with van der Waals surface area (Å²) in [6, 6.07) is 6.74. The fraction of sp³-hybridized carbons (Fsp3) is 0.400. The van der Waals surface area contributed by atoms with Crippen molar-refractivity contribution in [2.75, 3.05) is 18.8 Å². The van der Waals surface area contributed by atoms with E-state index in [2.05, 4.69) is 0 Å². The van der Waals surface area contributed by atoms with E-state index >= 15 is 0 Å². The highest BCUT2D eigenvalue weighted by molar-refractivity contribution is 7.90. The maximum absolute atomic E-state index is 12.2. The summed E-state index contributed by atoms with van der Waals surface area (Å²) in [4.78, 5) is 0.478. The number of anilines is 1. The summed E-state index contributed by atoms with van der Waals surface area (Å²) in [7, 11) is -2.87. The van der Waals surface area contributed by atoms with Gasteiger partial charge in [0, 0.05) is 18.8 Å². The van der Waals surface area contributed by atoms with Gasteiger partial charge in [-0.2, -0.15) is 0 Å². The van der Waals surface area contributed by atoms with Crippen molar-refractivity contribution in [2.24, 2.45) is 0 Å². The van der Waals surface area contributed by atoms with Crippen molar-refractivity contribution in [1.29, 1.82) is 4.78 Å². The maximum atomic E-state index is 12.2. The van der Waals surface area contributed by atoms with Gasteiger partial charge in [-0.3, -0.25) is 0 Å². The molecule has 0 aliphatic heterocycles. The van der Waals surface area contributed by atoms with Crippen LogP contribution in [-0.2, 0) is 9.92 Å². The monoisotopic (exact) mass is 227 g/mol.